The van der Waals surface area contributed by atoms with Crippen molar-refractivity contribution in [2.75, 3.05) is 7.11 Å². The van der Waals surface area contributed by atoms with E-state index < -0.39 is 11.2 Å². The Morgan fingerprint density at radius 2 is 2.00 bits per heavy atom. The maximum Gasteiger partial charge on any atom is 0.229 e. The predicted octanol–water partition coefficient (Wildman–Crippen LogP) is 3.93. The van der Waals surface area contributed by atoms with Crippen molar-refractivity contribution in [1.82, 2.24) is 0 Å². The summed E-state index contributed by atoms with van der Waals surface area (Å²) in [6, 6.07) is 13.3. The second-order valence-corrected chi connectivity index (χ2v) is 4.80. The van der Waals surface area contributed by atoms with E-state index in [1.165, 1.54) is 12.1 Å². The van der Waals surface area contributed by atoms with Crippen LogP contribution in [0.15, 0.2) is 48.5 Å². The highest BCUT2D eigenvalue weighted by molar-refractivity contribution is 6.64. The summed E-state index contributed by atoms with van der Waals surface area (Å²) in [5.41, 5.74) is 1.43. The van der Waals surface area contributed by atoms with Crippen molar-refractivity contribution in [3.8, 4) is 5.75 Å². The number of ether oxygens (including phenoxy) is 1. The minimum atomic E-state index is -0.594. The summed E-state index contributed by atoms with van der Waals surface area (Å²) in [6.07, 6.45) is 0.371. The Kier molecular flexibility index (Phi) is 4.74. The van der Waals surface area contributed by atoms with Crippen LogP contribution in [0.25, 0.3) is 0 Å². The molecule has 0 bridgehead atoms. The average molecular weight is 293 g/mol. The van der Waals surface area contributed by atoms with E-state index in [1.54, 1.807) is 19.2 Å². The van der Waals surface area contributed by atoms with Gasteiger partial charge in [-0.15, -0.1) is 0 Å². The van der Waals surface area contributed by atoms with Crippen molar-refractivity contribution in [3.05, 3.63) is 65.5 Å². The SMILES string of the molecule is COc1ccccc1C[C@@H](C(=O)Cl)c1cccc(F)c1. The third-order valence-electron chi connectivity index (χ3n) is 3.14. The number of carbonyl (C=O) groups is 1. The van der Waals surface area contributed by atoms with Gasteiger partial charge in [0, 0.05) is 0 Å². The molecule has 1 atom stereocenters. The molecule has 0 saturated heterocycles. The van der Waals surface area contributed by atoms with Crippen LogP contribution in [-0.4, -0.2) is 12.4 Å². The first-order valence-corrected chi connectivity index (χ1v) is 6.56. The van der Waals surface area contributed by atoms with E-state index >= 15 is 0 Å². The van der Waals surface area contributed by atoms with Gasteiger partial charge < -0.3 is 4.74 Å². The summed E-state index contributed by atoms with van der Waals surface area (Å²) in [7, 11) is 1.57. The van der Waals surface area contributed by atoms with E-state index in [0.29, 0.717) is 17.7 Å². The molecule has 0 unspecified atom stereocenters. The molecule has 20 heavy (non-hydrogen) atoms. The highest BCUT2D eigenvalue weighted by Gasteiger charge is 2.21. The molecule has 0 fully saturated rings. The topological polar surface area (TPSA) is 26.3 Å². The van der Waals surface area contributed by atoms with Crippen LogP contribution in [0, 0.1) is 5.82 Å². The monoisotopic (exact) mass is 292 g/mol. The Morgan fingerprint density at radius 3 is 2.65 bits per heavy atom. The van der Waals surface area contributed by atoms with Gasteiger partial charge in [0.25, 0.3) is 0 Å². The number of carbonyl (C=O) groups excluding carboxylic acids is 1. The molecule has 0 aliphatic heterocycles. The molecule has 0 radical (unpaired) electrons. The second kappa shape index (κ2) is 6.53. The van der Waals surface area contributed by atoms with Crippen LogP contribution in [-0.2, 0) is 11.2 Å². The number of para-hydroxylation sites is 1. The lowest BCUT2D eigenvalue weighted by atomic mass is 9.92. The van der Waals surface area contributed by atoms with Crippen molar-refractivity contribution in [3.63, 3.8) is 0 Å². The fourth-order valence-corrected chi connectivity index (χ4v) is 2.35. The molecule has 0 aliphatic carbocycles. The van der Waals surface area contributed by atoms with Gasteiger partial charge in [-0.2, -0.15) is 0 Å². The van der Waals surface area contributed by atoms with Crippen molar-refractivity contribution >= 4 is 16.8 Å². The van der Waals surface area contributed by atoms with Gasteiger partial charge in [0.2, 0.25) is 5.24 Å². The van der Waals surface area contributed by atoms with Crippen molar-refractivity contribution in [2.45, 2.75) is 12.3 Å². The molecular formula is C16H14ClFO2. The zero-order valence-electron chi connectivity index (χ0n) is 11.0. The predicted molar refractivity (Wildman–Crippen MR) is 76.7 cm³/mol. The minimum Gasteiger partial charge on any atom is -0.496 e. The van der Waals surface area contributed by atoms with E-state index in [-0.39, 0.29) is 5.82 Å². The molecule has 104 valence electrons. The lowest BCUT2D eigenvalue weighted by molar-refractivity contribution is -0.113. The van der Waals surface area contributed by atoms with Crippen LogP contribution in [0.3, 0.4) is 0 Å². The summed E-state index contributed by atoms with van der Waals surface area (Å²) in [6.45, 7) is 0. The summed E-state index contributed by atoms with van der Waals surface area (Å²) in [4.78, 5) is 11.7. The first kappa shape index (κ1) is 14.5. The van der Waals surface area contributed by atoms with Gasteiger partial charge in [-0.1, -0.05) is 30.3 Å². The maximum atomic E-state index is 13.3. The molecule has 2 nitrogen and oxygen atoms in total. The summed E-state index contributed by atoms with van der Waals surface area (Å²) in [5.74, 6) is -0.291. The second-order valence-electron chi connectivity index (χ2n) is 4.43. The molecular weight excluding hydrogens is 279 g/mol. The summed E-state index contributed by atoms with van der Waals surface area (Å²) < 4.78 is 18.6. The lowest BCUT2D eigenvalue weighted by Gasteiger charge is -2.15. The van der Waals surface area contributed by atoms with Crippen molar-refractivity contribution in [2.24, 2.45) is 0 Å². The van der Waals surface area contributed by atoms with Gasteiger partial charge in [-0.3, -0.25) is 4.79 Å². The van der Waals surface area contributed by atoms with Crippen LogP contribution < -0.4 is 4.74 Å². The lowest BCUT2D eigenvalue weighted by Crippen LogP contribution is -2.11. The maximum absolute atomic E-state index is 13.3. The molecule has 0 N–H and O–H groups in total. The number of hydrogen-bond acceptors (Lipinski definition) is 2. The number of rotatable bonds is 5. The van der Waals surface area contributed by atoms with Crippen molar-refractivity contribution < 1.29 is 13.9 Å². The third kappa shape index (κ3) is 3.36. The smallest absolute Gasteiger partial charge is 0.229 e. The number of benzene rings is 2. The molecule has 4 heteroatoms. The average Bonchev–Trinajstić information content (AvgIpc) is 2.44. The summed E-state index contributed by atoms with van der Waals surface area (Å²) >= 11 is 5.67. The van der Waals surface area contributed by atoms with Crippen LogP contribution in [0.1, 0.15) is 17.0 Å². The first-order valence-electron chi connectivity index (χ1n) is 6.18. The highest BCUT2D eigenvalue weighted by Crippen LogP contribution is 2.28. The zero-order valence-corrected chi connectivity index (χ0v) is 11.7. The van der Waals surface area contributed by atoms with Gasteiger partial charge in [-0.05, 0) is 47.3 Å². The molecule has 0 heterocycles. The van der Waals surface area contributed by atoms with E-state index in [1.807, 2.05) is 24.3 Å². The molecule has 2 rings (SSSR count). The molecule has 2 aromatic carbocycles. The standard InChI is InChI=1S/C16H14ClFO2/c1-20-15-8-3-2-5-12(15)10-14(16(17)19)11-6-4-7-13(18)9-11/h2-9,14H,10H2,1H3/t14-/m1/s1. The van der Waals surface area contributed by atoms with Crippen LogP contribution in [0.2, 0.25) is 0 Å². The first-order chi connectivity index (χ1) is 9.61. The van der Waals surface area contributed by atoms with E-state index in [4.69, 9.17) is 16.3 Å². The molecule has 0 spiro atoms. The normalized spacial score (nSPS) is 11.9. The Balaban J connectivity index is 2.33. The van der Waals surface area contributed by atoms with Gasteiger partial charge in [0.15, 0.2) is 0 Å². The van der Waals surface area contributed by atoms with Gasteiger partial charge >= 0.3 is 0 Å². The Bertz CT molecular complexity index is 613. The van der Waals surface area contributed by atoms with Crippen LogP contribution >= 0.6 is 11.6 Å². The summed E-state index contributed by atoms with van der Waals surface area (Å²) in [5, 5.41) is -0.512. The molecule has 0 aliphatic rings. The number of hydrogen-bond donors (Lipinski definition) is 0. The van der Waals surface area contributed by atoms with Crippen LogP contribution in [0.5, 0.6) is 5.75 Å². The fourth-order valence-electron chi connectivity index (χ4n) is 2.14. The largest absolute Gasteiger partial charge is 0.496 e. The van der Waals surface area contributed by atoms with E-state index in [9.17, 15) is 9.18 Å². The van der Waals surface area contributed by atoms with Crippen LogP contribution in [0.4, 0.5) is 4.39 Å². The van der Waals surface area contributed by atoms with E-state index in [0.717, 1.165) is 5.56 Å². The Hall–Kier alpha value is -1.87. The number of halogens is 2. The third-order valence-corrected chi connectivity index (χ3v) is 3.40. The van der Waals surface area contributed by atoms with Gasteiger partial charge in [-0.25, -0.2) is 4.39 Å². The molecule has 2 aromatic rings. The number of methoxy groups -OCH3 is 1. The Labute approximate surface area is 122 Å². The molecule has 0 saturated carbocycles. The molecule has 0 aromatic heterocycles. The quantitative estimate of drug-likeness (QED) is 0.781. The molecule has 0 amide bonds. The van der Waals surface area contributed by atoms with Gasteiger partial charge in [0.05, 0.1) is 13.0 Å². The zero-order chi connectivity index (χ0) is 14.5. The van der Waals surface area contributed by atoms with Crippen molar-refractivity contribution in [1.29, 1.82) is 0 Å². The fraction of sp³-hybridized carbons (Fsp3) is 0.188. The highest BCUT2D eigenvalue weighted by atomic mass is 35.5. The van der Waals surface area contributed by atoms with E-state index in [2.05, 4.69) is 0 Å². The van der Waals surface area contributed by atoms with Gasteiger partial charge in [0.1, 0.15) is 11.6 Å². The Morgan fingerprint density at radius 1 is 1.25 bits per heavy atom. The minimum absolute atomic E-state index is 0.371.